The monoisotopic (exact) mass is 314 g/mol. The Morgan fingerprint density at radius 1 is 1.48 bits per heavy atom. The molecule has 122 valence electrons. The van der Waals surface area contributed by atoms with Crippen molar-refractivity contribution in [2.75, 3.05) is 11.9 Å². The number of hydrogen-bond acceptors (Lipinski definition) is 4. The fourth-order valence-corrected chi connectivity index (χ4v) is 2.99. The van der Waals surface area contributed by atoms with E-state index in [0.29, 0.717) is 24.3 Å². The number of H-pyrrole nitrogens is 1. The van der Waals surface area contributed by atoms with Crippen molar-refractivity contribution in [3.8, 4) is 11.4 Å². The summed E-state index contributed by atoms with van der Waals surface area (Å²) in [6.45, 7) is 2.89. The van der Waals surface area contributed by atoms with Crippen molar-refractivity contribution in [1.29, 1.82) is 0 Å². The molecule has 2 aromatic rings. The Labute approximate surface area is 135 Å². The lowest BCUT2D eigenvalue weighted by atomic mass is 9.91. The summed E-state index contributed by atoms with van der Waals surface area (Å²) in [4.78, 5) is 16.4. The Balaban J connectivity index is 1.58. The lowest BCUT2D eigenvalue weighted by Crippen LogP contribution is -2.28. The second kappa shape index (κ2) is 7.37. The molecular formula is C17H22N4O2. The predicted octanol–water partition coefficient (Wildman–Crippen LogP) is 3.01. The molecule has 1 aliphatic rings. The molecule has 1 aromatic carbocycles. The molecule has 1 aliphatic heterocycles. The van der Waals surface area contributed by atoms with Crippen molar-refractivity contribution in [3.05, 3.63) is 30.6 Å². The molecule has 0 saturated carbocycles. The zero-order valence-corrected chi connectivity index (χ0v) is 13.3. The smallest absolute Gasteiger partial charge is 0.224 e. The van der Waals surface area contributed by atoms with E-state index in [9.17, 15) is 4.79 Å². The van der Waals surface area contributed by atoms with Crippen LogP contribution in [0.15, 0.2) is 30.6 Å². The highest BCUT2D eigenvalue weighted by atomic mass is 16.5. The predicted molar refractivity (Wildman–Crippen MR) is 87.8 cm³/mol. The molecule has 23 heavy (non-hydrogen) atoms. The average molecular weight is 314 g/mol. The van der Waals surface area contributed by atoms with Crippen LogP contribution < -0.4 is 5.32 Å². The number of aromatic amines is 1. The summed E-state index contributed by atoms with van der Waals surface area (Å²) in [5, 5.41) is 9.65. The van der Waals surface area contributed by atoms with Gasteiger partial charge in [-0.2, -0.15) is 5.10 Å². The number of carbonyl (C=O) groups excluding carboxylic acids is 1. The molecular weight excluding hydrogens is 292 g/mol. The van der Waals surface area contributed by atoms with Gasteiger partial charge in [-0.1, -0.05) is 19.1 Å². The number of nitrogens with zero attached hydrogens (tertiary/aromatic N) is 2. The molecule has 0 aliphatic carbocycles. The molecule has 2 N–H and O–H groups in total. The van der Waals surface area contributed by atoms with E-state index in [1.165, 1.54) is 6.33 Å². The SMILES string of the molecule is CC[C@H]1C[C@H](CC(=O)Nc2cccc(-c3ncn[nH]3)c2)CCO1. The Kier molecular flexibility index (Phi) is 5.02. The maximum absolute atomic E-state index is 12.3. The van der Waals surface area contributed by atoms with Gasteiger partial charge in [0.2, 0.25) is 5.91 Å². The number of hydrogen-bond donors (Lipinski definition) is 2. The third kappa shape index (κ3) is 4.16. The molecule has 0 radical (unpaired) electrons. The highest BCUT2D eigenvalue weighted by Crippen LogP contribution is 2.25. The summed E-state index contributed by atoms with van der Waals surface area (Å²) in [6, 6.07) is 7.61. The fraction of sp³-hybridized carbons (Fsp3) is 0.471. The Morgan fingerprint density at radius 2 is 2.39 bits per heavy atom. The molecule has 1 aromatic heterocycles. The number of benzene rings is 1. The minimum atomic E-state index is 0.0569. The molecule has 2 atom stereocenters. The van der Waals surface area contributed by atoms with Gasteiger partial charge < -0.3 is 10.1 Å². The molecule has 6 nitrogen and oxygen atoms in total. The first-order valence-electron chi connectivity index (χ1n) is 8.12. The summed E-state index contributed by atoms with van der Waals surface area (Å²) < 4.78 is 5.67. The van der Waals surface area contributed by atoms with Crippen LogP contribution in [-0.2, 0) is 9.53 Å². The van der Waals surface area contributed by atoms with Crippen molar-refractivity contribution in [1.82, 2.24) is 15.2 Å². The molecule has 1 fully saturated rings. The number of ether oxygens (including phenoxy) is 1. The van der Waals surface area contributed by atoms with Crippen LogP contribution in [0.2, 0.25) is 0 Å². The number of nitrogens with one attached hydrogen (secondary N) is 2. The average Bonchev–Trinajstić information content (AvgIpc) is 3.09. The summed E-state index contributed by atoms with van der Waals surface area (Å²) >= 11 is 0. The third-order valence-electron chi connectivity index (χ3n) is 4.24. The topological polar surface area (TPSA) is 79.9 Å². The van der Waals surface area contributed by atoms with Gasteiger partial charge in [-0.15, -0.1) is 0 Å². The molecule has 6 heteroatoms. The van der Waals surface area contributed by atoms with Gasteiger partial charge in [0.1, 0.15) is 6.33 Å². The fourth-order valence-electron chi connectivity index (χ4n) is 2.99. The van der Waals surface area contributed by atoms with Gasteiger partial charge in [0.05, 0.1) is 6.10 Å². The highest BCUT2D eigenvalue weighted by Gasteiger charge is 2.23. The van der Waals surface area contributed by atoms with Crippen LogP contribution in [0.4, 0.5) is 5.69 Å². The molecule has 3 rings (SSSR count). The standard InChI is InChI=1S/C17H22N4O2/c1-2-15-8-12(6-7-23-15)9-16(22)20-14-5-3-4-13(10-14)17-18-11-19-21-17/h3-5,10-12,15H,2,6-9H2,1H3,(H,20,22)(H,18,19,21)/t12-,15+/m1/s1. The van der Waals surface area contributed by atoms with Crippen molar-refractivity contribution >= 4 is 11.6 Å². The first-order valence-corrected chi connectivity index (χ1v) is 8.12. The van der Waals surface area contributed by atoms with E-state index >= 15 is 0 Å². The van der Waals surface area contributed by atoms with Crippen molar-refractivity contribution in [2.45, 2.75) is 38.7 Å². The number of anilines is 1. The van der Waals surface area contributed by atoms with Crippen molar-refractivity contribution < 1.29 is 9.53 Å². The molecule has 0 bridgehead atoms. The van der Waals surface area contributed by atoms with Crippen LogP contribution in [0.5, 0.6) is 0 Å². The van der Waals surface area contributed by atoms with Crippen LogP contribution in [0.25, 0.3) is 11.4 Å². The van der Waals surface area contributed by atoms with Gasteiger partial charge in [-0.05, 0) is 37.3 Å². The van der Waals surface area contributed by atoms with Gasteiger partial charge in [0.25, 0.3) is 0 Å². The summed E-state index contributed by atoms with van der Waals surface area (Å²) in [7, 11) is 0. The Morgan fingerprint density at radius 3 is 3.17 bits per heavy atom. The van der Waals surface area contributed by atoms with Gasteiger partial charge in [-0.25, -0.2) is 4.98 Å². The van der Waals surface area contributed by atoms with Crippen molar-refractivity contribution in [3.63, 3.8) is 0 Å². The maximum atomic E-state index is 12.3. The third-order valence-corrected chi connectivity index (χ3v) is 4.24. The van der Waals surface area contributed by atoms with E-state index in [1.807, 2.05) is 24.3 Å². The quantitative estimate of drug-likeness (QED) is 0.889. The van der Waals surface area contributed by atoms with Gasteiger partial charge >= 0.3 is 0 Å². The zero-order chi connectivity index (χ0) is 16.1. The minimum Gasteiger partial charge on any atom is -0.378 e. The van der Waals surface area contributed by atoms with Crippen LogP contribution in [0.3, 0.4) is 0 Å². The largest absolute Gasteiger partial charge is 0.378 e. The lowest BCUT2D eigenvalue weighted by Gasteiger charge is -2.28. The normalized spacial score (nSPS) is 21.1. The maximum Gasteiger partial charge on any atom is 0.224 e. The van der Waals surface area contributed by atoms with Gasteiger partial charge in [-0.3, -0.25) is 9.89 Å². The summed E-state index contributed by atoms with van der Waals surface area (Å²) in [5.74, 6) is 1.16. The van der Waals surface area contributed by atoms with E-state index in [0.717, 1.165) is 37.1 Å². The van der Waals surface area contributed by atoms with Crippen molar-refractivity contribution in [2.24, 2.45) is 5.92 Å². The van der Waals surface area contributed by atoms with Crippen LogP contribution >= 0.6 is 0 Å². The zero-order valence-electron chi connectivity index (χ0n) is 13.3. The Bertz CT molecular complexity index is 642. The number of aromatic nitrogens is 3. The van der Waals surface area contributed by atoms with Gasteiger partial charge in [0, 0.05) is 24.3 Å². The minimum absolute atomic E-state index is 0.0569. The molecule has 0 spiro atoms. The second-order valence-electron chi connectivity index (χ2n) is 5.96. The van der Waals surface area contributed by atoms with Crippen LogP contribution in [0.1, 0.15) is 32.6 Å². The van der Waals surface area contributed by atoms with E-state index in [4.69, 9.17) is 4.74 Å². The first kappa shape index (κ1) is 15.7. The highest BCUT2D eigenvalue weighted by molar-refractivity contribution is 5.91. The Hall–Kier alpha value is -2.21. The molecule has 2 heterocycles. The van der Waals surface area contributed by atoms with Crippen LogP contribution in [-0.4, -0.2) is 33.8 Å². The van der Waals surface area contributed by atoms with E-state index < -0.39 is 0 Å². The number of amides is 1. The van der Waals surface area contributed by atoms with Gasteiger partial charge in [0.15, 0.2) is 5.82 Å². The number of carbonyl (C=O) groups is 1. The summed E-state index contributed by atoms with van der Waals surface area (Å²) in [6.07, 6.45) is 5.26. The van der Waals surface area contributed by atoms with E-state index in [-0.39, 0.29) is 5.91 Å². The molecule has 1 amide bonds. The molecule has 0 unspecified atom stereocenters. The second-order valence-corrected chi connectivity index (χ2v) is 5.96. The van der Waals surface area contributed by atoms with E-state index in [1.54, 1.807) is 0 Å². The number of rotatable bonds is 5. The first-order chi connectivity index (χ1) is 11.2. The molecule has 1 saturated heterocycles. The van der Waals surface area contributed by atoms with Crippen LogP contribution in [0, 0.1) is 5.92 Å². The van der Waals surface area contributed by atoms with E-state index in [2.05, 4.69) is 27.4 Å². The summed E-state index contributed by atoms with van der Waals surface area (Å²) in [5.41, 5.74) is 1.68. The lowest BCUT2D eigenvalue weighted by molar-refractivity contribution is -0.118.